The van der Waals surface area contributed by atoms with Crippen LogP contribution >= 0.6 is 0 Å². The second-order valence-corrected chi connectivity index (χ2v) is 5.33. The van der Waals surface area contributed by atoms with Crippen molar-refractivity contribution in [2.24, 2.45) is 15.0 Å². The molecule has 0 aliphatic heterocycles. The maximum absolute atomic E-state index is 4.61. The number of aliphatic imine (C=N–C) groups is 3. The largest absolute Gasteiger partial charge is 0.270 e. The van der Waals surface area contributed by atoms with Gasteiger partial charge in [0.2, 0.25) is 0 Å². The van der Waals surface area contributed by atoms with Crippen LogP contribution in [0.15, 0.2) is 94.1 Å². The molecule has 0 fully saturated rings. The van der Waals surface area contributed by atoms with Gasteiger partial charge in [-0.1, -0.05) is 54.6 Å². The van der Waals surface area contributed by atoms with Crippen molar-refractivity contribution in [2.75, 3.05) is 7.05 Å². The van der Waals surface area contributed by atoms with Crippen LogP contribution in [-0.2, 0) is 0 Å². The van der Waals surface area contributed by atoms with Gasteiger partial charge in [0.1, 0.15) is 0 Å². The number of rotatable bonds is 3. The van der Waals surface area contributed by atoms with Crippen molar-refractivity contribution in [1.82, 2.24) is 4.98 Å². The van der Waals surface area contributed by atoms with Gasteiger partial charge >= 0.3 is 0 Å². The van der Waals surface area contributed by atoms with Crippen molar-refractivity contribution in [3.05, 3.63) is 90.3 Å². The molecule has 4 nitrogen and oxygen atoms in total. The third-order valence-electron chi connectivity index (χ3n) is 3.72. The van der Waals surface area contributed by atoms with Crippen molar-refractivity contribution in [3.8, 4) is 11.1 Å². The van der Waals surface area contributed by atoms with E-state index in [-0.39, 0.29) is 0 Å². The van der Waals surface area contributed by atoms with Crippen molar-refractivity contribution < 1.29 is 0 Å². The molecule has 3 aromatic rings. The quantitative estimate of drug-likeness (QED) is 0.524. The van der Waals surface area contributed by atoms with Gasteiger partial charge in [0, 0.05) is 36.1 Å². The summed E-state index contributed by atoms with van der Waals surface area (Å²) in [6, 6.07) is 21.8. The molecular weight excluding hydrogens is 308 g/mol. The zero-order valence-corrected chi connectivity index (χ0v) is 14.0. The number of pyridine rings is 1. The molecule has 122 valence electrons. The molecule has 3 rings (SSSR count). The van der Waals surface area contributed by atoms with Crippen LogP contribution in [0.25, 0.3) is 11.1 Å². The average molecular weight is 326 g/mol. The second-order valence-electron chi connectivity index (χ2n) is 5.33. The molecule has 0 atom stereocenters. The fourth-order valence-corrected chi connectivity index (χ4v) is 2.49. The smallest absolute Gasteiger partial charge is 0.161 e. The minimum atomic E-state index is 0.537. The van der Waals surface area contributed by atoms with Crippen LogP contribution in [0.4, 0.5) is 0 Å². The molecule has 1 heterocycles. The standard InChI is InChI=1S/C21H18N4/c1-22-20(16-8-4-3-5-9-16)25-21(23-2)18-11-6-10-17(14-18)19-12-7-13-24-15-19/h3-15H,2H2,1H3. The highest BCUT2D eigenvalue weighted by Crippen LogP contribution is 2.20. The van der Waals surface area contributed by atoms with E-state index >= 15 is 0 Å². The van der Waals surface area contributed by atoms with Crippen LogP contribution in [0.2, 0.25) is 0 Å². The molecule has 25 heavy (non-hydrogen) atoms. The molecule has 0 amide bonds. The second kappa shape index (κ2) is 7.93. The Balaban J connectivity index is 2.00. The lowest BCUT2D eigenvalue weighted by Gasteiger charge is -2.06. The summed E-state index contributed by atoms with van der Waals surface area (Å²) in [4.78, 5) is 17.2. The van der Waals surface area contributed by atoms with Gasteiger partial charge in [-0.25, -0.2) is 9.98 Å². The summed E-state index contributed by atoms with van der Waals surface area (Å²) >= 11 is 0. The Morgan fingerprint density at radius 2 is 1.60 bits per heavy atom. The van der Waals surface area contributed by atoms with Gasteiger partial charge in [-0.2, -0.15) is 0 Å². The molecule has 2 aromatic carbocycles. The third-order valence-corrected chi connectivity index (χ3v) is 3.72. The maximum Gasteiger partial charge on any atom is 0.161 e. The highest BCUT2D eigenvalue weighted by atomic mass is 15.0. The summed E-state index contributed by atoms with van der Waals surface area (Å²) in [5, 5.41) is 0. The van der Waals surface area contributed by atoms with E-state index in [0.717, 1.165) is 22.3 Å². The molecule has 0 N–H and O–H groups in total. The van der Waals surface area contributed by atoms with Gasteiger partial charge in [-0.15, -0.1) is 0 Å². The minimum absolute atomic E-state index is 0.537. The normalized spacial score (nSPS) is 12.0. The summed E-state index contributed by atoms with van der Waals surface area (Å²) < 4.78 is 0. The Bertz CT molecular complexity index is 913. The van der Waals surface area contributed by atoms with Gasteiger partial charge in [0.05, 0.1) is 0 Å². The highest BCUT2D eigenvalue weighted by Gasteiger charge is 2.07. The zero-order chi connectivity index (χ0) is 17.5. The van der Waals surface area contributed by atoms with E-state index in [1.165, 1.54) is 0 Å². The molecule has 0 radical (unpaired) electrons. The molecule has 0 bridgehead atoms. The van der Waals surface area contributed by atoms with Crippen LogP contribution in [0.3, 0.4) is 0 Å². The van der Waals surface area contributed by atoms with Crippen LogP contribution in [0, 0.1) is 0 Å². The fraction of sp³-hybridized carbons (Fsp3) is 0.0476. The van der Waals surface area contributed by atoms with Crippen LogP contribution < -0.4 is 0 Å². The Morgan fingerprint density at radius 3 is 2.28 bits per heavy atom. The van der Waals surface area contributed by atoms with Crippen molar-refractivity contribution in [2.45, 2.75) is 0 Å². The Labute approximate surface area is 147 Å². The first-order valence-electron chi connectivity index (χ1n) is 7.90. The fourth-order valence-electron chi connectivity index (χ4n) is 2.49. The van der Waals surface area contributed by atoms with Gasteiger partial charge in [0.15, 0.2) is 11.7 Å². The SMILES string of the molecule is C=NC(=NC(=NC)c1ccccc1)c1cccc(-c2cccnc2)c1. The number of benzene rings is 2. The lowest BCUT2D eigenvalue weighted by molar-refractivity contribution is 1.33. The first kappa shape index (κ1) is 16.5. The topological polar surface area (TPSA) is 50.0 Å². The van der Waals surface area contributed by atoms with E-state index in [0.29, 0.717) is 11.7 Å². The monoisotopic (exact) mass is 326 g/mol. The highest BCUT2D eigenvalue weighted by molar-refractivity contribution is 6.12. The van der Waals surface area contributed by atoms with Crippen LogP contribution in [-0.4, -0.2) is 30.4 Å². The first-order chi connectivity index (χ1) is 12.3. The summed E-state index contributed by atoms with van der Waals surface area (Å²) in [7, 11) is 1.72. The molecule has 4 heteroatoms. The Morgan fingerprint density at radius 1 is 0.840 bits per heavy atom. The van der Waals surface area contributed by atoms with E-state index in [4.69, 9.17) is 0 Å². The van der Waals surface area contributed by atoms with Gasteiger partial charge in [-0.3, -0.25) is 9.98 Å². The zero-order valence-electron chi connectivity index (χ0n) is 14.0. The summed E-state index contributed by atoms with van der Waals surface area (Å²) in [5.74, 6) is 1.16. The van der Waals surface area contributed by atoms with Crippen molar-refractivity contribution in [1.29, 1.82) is 0 Å². The maximum atomic E-state index is 4.61. The number of nitrogens with zero attached hydrogens (tertiary/aromatic N) is 4. The van der Waals surface area contributed by atoms with Crippen LogP contribution in [0.5, 0.6) is 0 Å². The molecule has 0 aliphatic rings. The molecule has 1 aromatic heterocycles. The summed E-state index contributed by atoms with van der Waals surface area (Å²) in [5.41, 5.74) is 3.92. The summed E-state index contributed by atoms with van der Waals surface area (Å²) in [6.45, 7) is 3.67. The number of hydrogen-bond acceptors (Lipinski definition) is 2. The van der Waals surface area contributed by atoms with E-state index < -0.39 is 0 Å². The van der Waals surface area contributed by atoms with Gasteiger partial charge in [0.25, 0.3) is 0 Å². The third kappa shape index (κ3) is 3.93. The molecule has 0 saturated carbocycles. The van der Waals surface area contributed by atoms with E-state index in [1.807, 2.05) is 72.9 Å². The Hall–Kier alpha value is -3.40. The summed E-state index contributed by atoms with van der Waals surface area (Å²) in [6.07, 6.45) is 3.59. The van der Waals surface area contributed by atoms with Crippen molar-refractivity contribution >= 4 is 18.4 Å². The molecule has 0 unspecified atom stereocenters. The van der Waals surface area contributed by atoms with Crippen LogP contribution in [0.1, 0.15) is 11.1 Å². The lowest BCUT2D eigenvalue weighted by Crippen LogP contribution is -2.04. The molecule has 0 aliphatic carbocycles. The van der Waals surface area contributed by atoms with E-state index in [2.05, 4.69) is 26.7 Å². The molecule has 0 spiro atoms. The van der Waals surface area contributed by atoms with E-state index in [1.54, 1.807) is 13.2 Å². The predicted molar refractivity (Wildman–Crippen MR) is 105 cm³/mol. The van der Waals surface area contributed by atoms with E-state index in [9.17, 15) is 0 Å². The average Bonchev–Trinajstić information content (AvgIpc) is 2.70. The number of amidine groups is 2. The molecule has 0 saturated heterocycles. The Kier molecular flexibility index (Phi) is 5.22. The predicted octanol–water partition coefficient (Wildman–Crippen LogP) is 4.27. The van der Waals surface area contributed by atoms with Gasteiger partial charge < -0.3 is 0 Å². The first-order valence-corrected chi connectivity index (χ1v) is 7.90. The van der Waals surface area contributed by atoms with Gasteiger partial charge in [-0.05, 0) is 24.4 Å². The number of hydrogen-bond donors (Lipinski definition) is 0. The minimum Gasteiger partial charge on any atom is -0.270 e. The lowest BCUT2D eigenvalue weighted by atomic mass is 10.0. The number of aromatic nitrogens is 1. The van der Waals surface area contributed by atoms with Crippen molar-refractivity contribution in [3.63, 3.8) is 0 Å². The molecular formula is C21H18N4.